The number of rotatable bonds is 4. The summed E-state index contributed by atoms with van der Waals surface area (Å²) in [5, 5.41) is 3.37. The van der Waals surface area contributed by atoms with E-state index >= 15 is 0 Å². The number of piperidine rings is 1. The van der Waals surface area contributed by atoms with Crippen LogP contribution in [0.2, 0.25) is 0 Å². The van der Waals surface area contributed by atoms with E-state index in [9.17, 15) is 4.79 Å². The number of amides is 1. The third kappa shape index (κ3) is 4.12. The minimum Gasteiger partial charge on any atom is -0.353 e. The Morgan fingerprint density at radius 2 is 1.69 bits per heavy atom. The monoisotopic (exact) mass is 355 g/mol. The van der Waals surface area contributed by atoms with E-state index < -0.39 is 0 Å². The van der Waals surface area contributed by atoms with Gasteiger partial charge in [0.1, 0.15) is 0 Å². The Kier molecular flexibility index (Phi) is 5.60. The summed E-state index contributed by atoms with van der Waals surface area (Å²) in [6, 6.07) is 11.4. The van der Waals surface area contributed by atoms with Gasteiger partial charge in [-0.1, -0.05) is 36.8 Å². The van der Waals surface area contributed by atoms with Gasteiger partial charge in [0, 0.05) is 37.6 Å². The van der Waals surface area contributed by atoms with Gasteiger partial charge in [0.15, 0.2) is 0 Å². The lowest BCUT2D eigenvalue weighted by atomic mass is 9.65. The minimum absolute atomic E-state index is 0.201. The highest BCUT2D eigenvalue weighted by Gasteiger charge is 2.40. The van der Waals surface area contributed by atoms with Crippen LogP contribution < -0.4 is 11.1 Å². The molecule has 1 amide bonds. The van der Waals surface area contributed by atoms with Crippen LogP contribution in [0.5, 0.6) is 0 Å². The molecule has 2 aliphatic carbocycles. The molecule has 142 valence electrons. The van der Waals surface area contributed by atoms with Gasteiger partial charge in [-0.25, -0.2) is 0 Å². The Labute approximate surface area is 157 Å². The topological polar surface area (TPSA) is 58.4 Å². The largest absolute Gasteiger partial charge is 0.353 e. The fourth-order valence-electron chi connectivity index (χ4n) is 5.40. The number of hydrogen-bond acceptors (Lipinski definition) is 3. The van der Waals surface area contributed by atoms with Crippen LogP contribution in [0, 0.1) is 17.8 Å². The summed E-state index contributed by atoms with van der Waals surface area (Å²) in [5.74, 6) is 1.65. The van der Waals surface area contributed by atoms with Crippen molar-refractivity contribution in [3.63, 3.8) is 0 Å². The molecule has 1 heterocycles. The molecule has 2 atom stereocenters. The summed E-state index contributed by atoms with van der Waals surface area (Å²) in [4.78, 5) is 15.3. The number of carbonyl (C=O) groups excluding carboxylic acids is 1. The van der Waals surface area contributed by atoms with Crippen LogP contribution in [-0.4, -0.2) is 36.0 Å². The van der Waals surface area contributed by atoms with E-state index in [2.05, 4.69) is 40.5 Å². The van der Waals surface area contributed by atoms with Crippen molar-refractivity contribution in [1.29, 1.82) is 0 Å². The van der Waals surface area contributed by atoms with E-state index in [0.29, 0.717) is 29.8 Å². The van der Waals surface area contributed by atoms with Crippen molar-refractivity contribution in [2.24, 2.45) is 23.5 Å². The van der Waals surface area contributed by atoms with Crippen LogP contribution in [0.3, 0.4) is 0 Å². The van der Waals surface area contributed by atoms with Gasteiger partial charge in [-0.15, -0.1) is 0 Å². The fourth-order valence-corrected chi connectivity index (χ4v) is 5.40. The number of carbonyl (C=O) groups is 1. The molecule has 2 saturated carbocycles. The van der Waals surface area contributed by atoms with Crippen LogP contribution in [0.1, 0.15) is 50.5 Å². The first-order valence-electron chi connectivity index (χ1n) is 10.5. The molecule has 4 heteroatoms. The Hall–Kier alpha value is -1.39. The first kappa shape index (κ1) is 18.0. The van der Waals surface area contributed by atoms with E-state index in [1.165, 1.54) is 24.8 Å². The maximum atomic E-state index is 12.8. The van der Waals surface area contributed by atoms with Gasteiger partial charge in [-0.05, 0) is 55.9 Å². The van der Waals surface area contributed by atoms with Crippen molar-refractivity contribution in [2.45, 2.75) is 63.6 Å². The maximum Gasteiger partial charge on any atom is 0.223 e. The number of fused-ring (bicyclic) bond motifs is 2. The van der Waals surface area contributed by atoms with E-state index in [-0.39, 0.29) is 5.92 Å². The van der Waals surface area contributed by atoms with Gasteiger partial charge in [0.25, 0.3) is 0 Å². The first-order valence-corrected chi connectivity index (χ1v) is 10.5. The second-order valence-corrected chi connectivity index (χ2v) is 8.74. The molecule has 3 N–H and O–H groups in total. The van der Waals surface area contributed by atoms with Crippen LogP contribution in [0.4, 0.5) is 0 Å². The van der Waals surface area contributed by atoms with E-state index in [0.717, 1.165) is 45.3 Å². The molecule has 2 bridgehead atoms. The number of nitrogens with one attached hydrogen (secondary N) is 1. The van der Waals surface area contributed by atoms with Crippen molar-refractivity contribution < 1.29 is 4.79 Å². The van der Waals surface area contributed by atoms with Crippen LogP contribution >= 0.6 is 0 Å². The average Bonchev–Trinajstić information content (AvgIpc) is 2.64. The quantitative estimate of drug-likeness (QED) is 0.873. The molecule has 26 heavy (non-hydrogen) atoms. The number of hydrogen-bond donors (Lipinski definition) is 2. The highest BCUT2D eigenvalue weighted by molar-refractivity contribution is 5.79. The number of nitrogens with zero attached hydrogens (tertiary/aromatic N) is 1. The molecule has 4 rings (SSSR count). The zero-order valence-corrected chi connectivity index (χ0v) is 15.8. The van der Waals surface area contributed by atoms with Crippen molar-refractivity contribution >= 4 is 5.91 Å². The summed E-state index contributed by atoms with van der Waals surface area (Å²) < 4.78 is 0. The second-order valence-electron chi connectivity index (χ2n) is 8.74. The van der Waals surface area contributed by atoms with E-state index in [1.54, 1.807) is 0 Å². The number of nitrogens with two attached hydrogens (primary N) is 1. The van der Waals surface area contributed by atoms with Crippen molar-refractivity contribution in [3.8, 4) is 0 Å². The lowest BCUT2D eigenvalue weighted by Gasteiger charge is -2.44. The summed E-state index contributed by atoms with van der Waals surface area (Å²) in [6.45, 7) is 3.16. The maximum absolute atomic E-state index is 12.8. The van der Waals surface area contributed by atoms with Gasteiger partial charge < -0.3 is 11.1 Å². The van der Waals surface area contributed by atoms with Crippen molar-refractivity contribution in [3.05, 3.63) is 35.9 Å². The number of likely N-dealkylation sites (tertiary alicyclic amines) is 1. The van der Waals surface area contributed by atoms with Crippen LogP contribution in [-0.2, 0) is 11.3 Å². The summed E-state index contributed by atoms with van der Waals surface area (Å²) in [7, 11) is 0. The molecular formula is C22H33N3O. The fraction of sp³-hybridized carbons (Fsp3) is 0.682. The molecule has 1 saturated heterocycles. The number of benzene rings is 1. The lowest BCUT2D eigenvalue weighted by molar-refractivity contribution is -0.129. The highest BCUT2D eigenvalue weighted by Crippen LogP contribution is 2.42. The summed E-state index contributed by atoms with van der Waals surface area (Å²) in [5.41, 5.74) is 7.75. The highest BCUT2D eigenvalue weighted by atomic mass is 16.1. The van der Waals surface area contributed by atoms with Crippen molar-refractivity contribution in [1.82, 2.24) is 10.2 Å². The molecule has 0 spiro atoms. The summed E-state index contributed by atoms with van der Waals surface area (Å²) >= 11 is 0. The third-order valence-electron chi connectivity index (χ3n) is 6.97. The van der Waals surface area contributed by atoms with Crippen LogP contribution in [0.25, 0.3) is 0 Å². The van der Waals surface area contributed by atoms with Gasteiger partial charge in [0.05, 0.1) is 0 Å². The Morgan fingerprint density at radius 1 is 1.04 bits per heavy atom. The van der Waals surface area contributed by atoms with Gasteiger partial charge in [-0.2, -0.15) is 0 Å². The predicted molar refractivity (Wildman–Crippen MR) is 104 cm³/mol. The Morgan fingerprint density at radius 3 is 2.35 bits per heavy atom. The molecule has 3 fully saturated rings. The molecule has 2 unspecified atom stereocenters. The van der Waals surface area contributed by atoms with Gasteiger partial charge in [0.2, 0.25) is 5.91 Å². The summed E-state index contributed by atoms with van der Waals surface area (Å²) in [6.07, 6.45) is 7.90. The first-order chi connectivity index (χ1) is 12.7. The predicted octanol–water partition coefficient (Wildman–Crippen LogP) is 2.92. The molecule has 1 aromatic rings. The Bertz CT molecular complexity index is 583. The van der Waals surface area contributed by atoms with Gasteiger partial charge >= 0.3 is 0 Å². The SMILES string of the molecule is NC1C2CCCC1CC(C(=O)NC1CCN(Cc3ccccc3)CC1)C2. The van der Waals surface area contributed by atoms with Crippen LogP contribution in [0.15, 0.2) is 30.3 Å². The molecule has 4 nitrogen and oxygen atoms in total. The Balaban J connectivity index is 1.23. The van der Waals surface area contributed by atoms with Gasteiger partial charge in [-0.3, -0.25) is 9.69 Å². The third-order valence-corrected chi connectivity index (χ3v) is 6.97. The molecule has 1 aromatic carbocycles. The molecular weight excluding hydrogens is 322 g/mol. The average molecular weight is 356 g/mol. The lowest BCUT2D eigenvalue weighted by Crippen LogP contribution is -2.51. The molecule has 3 aliphatic rings. The van der Waals surface area contributed by atoms with E-state index in [4.69, 9.17) is 5.73 Å². The standard InChI is InChI=1S/C22H33N3O/c23-21-17-7-4-8-18(21)14-19(13-17)22(26)24-20-9-11-25(12-10-20)15-16-5-2-1-3-6-16/h1-3,5-6,17-21H,4,7-15,23H2,(H,24,26). The molecule has 0 radical (unpaired) electrons. The zero-order chi connectivity index (χ0) is 17.9. The van der Waals surface area contributed by atoms with Crippen molar-refractivity contribution in [2.75, 3.05) is 13.1 Å². The minimum atomic E-state index is 0.201. The van der Waals surface area contributed by atoms with E-state index in [1.807, 2.05) is 0 Å². The normalized spacial score (nSPS) is 33.0. The molecule has 1 aliphatic heterocycles. The molecule has 0 aromatic heterocycles. The smallest absolute Gasteiger partial charge is 0.223 e. The zero-order valence-electron chi connectivity index (χ0n) is 15.8. The second kappa shape index (κ2) is 8.10.